The molecule has 0 amide bonds. The molecular formula is C13H10N4. The van der Waals surface area contributed by atoms with Gasteiger partial charge in [-0.05, 0) is 17.5 Å². The minimum atomic E-state index is 0.739. The quantitative estimate of drug-likeness (QED) is 0.724. The van der Waals surface area contributed by atoms with Crippen molar-refractivity contribution in [3.8, 4) is 0 Å². The number of nitrogens with zero attached hydrogens (tertiary/aromatic N) is 3. The summed E-state index contributed by atoms with van der Waals surface area (Å²) in [4.78, 5) is 12.3. The SMILES string of the molecule is c1ccc2cc(Nc3ccncn3)ncc2c1. The van der Waals surface area contributed by atoms with Crippen LogP contribution in [0, 0.1) is 0 Å². The van der Waals surface area contributed by atoms with Crippen LogP contribution in [0.25, 0.3) is 10.8 Å². The molecule has 0 aliphatic carbocycles. The topological polar surface area (TPSA) is 50.7 Å². The van der Waals surface area contributed by atoms with E-state index in [0.717, 1.165) is 22.4 Å². The molecule has 0 unspecified atom stereocenters. The van der Waals surface area contributed by atoms with Crippen molar-refractivity contribution in [3.63, 3.8) is 0 Å². The third kappa shape index (κ3) is 2.06. The van der Waals surface area contributed by atoms with Crippen molar-refractivity contribution >= 4 is 22.4 Å². The van der Waals surface area contributed by atoms with Gasteiger partial charge < -0.3 is 5.32 Å². The summed E-state index contributed by atoms with van der Waals surface area (Å²) in [6, 6.07) is 11.9. The minimum Gasteiger partial charge on any atom is -0.325 e. The van der Waals surface area contributed by atoms with Crippen LogP contribution in [0.5, 0.6) is 0 Å². The molecule has 0 saturated carbocycles. The molecule has 0 atom stereocenters. The fourth-order valence-electron chi connectivity index (χ4n) is 1.65. The lowest BCUT2D eigenvalue weighted by Crippen LogP contribution is -1.95. The van der Waals surface area contributed by atoms with Gasteiger partial charge in [0.25, 0.3) is 0 Å². The summed E-state index contributed by atoms with van der Waals surface area (Å²) in [5.41, 5.74) is 0. The highest BCUT2D eigenvalue weighted by Crippen LogP contribution is 2.18. The first-order chi connectivity index (χ1) is 8.42. The van der Waals surface area contributed by atoms with E-state index in [0.29, 0.717) is 0 Å². The van der Waals surface area contributed by atoms with Crippen LogP contribution < -0.4 is 5.32 Å². The van der Waals surface area contributed by atoms with Crippen molar-refractivity contribution in [2.45, 2.75) is 0 Å². The number of hydrogen-bond acceptors (Lipinski definition) is 4. The van der Waals surface area contributed by atoms with Crippen molar-refractivity contribution in [1.82, 2.24) is 15.0 Å². The minimum absolute atomic E-state index is 0.739. The standard InChI is InChI=1S/C13H10N4/c1-2-4-11-8-15-13(7-10(11)3-1)17-12-5-6-14-9-16-12/h1-9H,(H,14,15,16,17). The van der Waals surface area contributed by atoms with Crippen LogP contribution in [0.15, 0.2) is 55.1 Å². The van der Waals surface area contributed by atoms with Crippen LogP contribution in [0.1, 0.15) is 0 Å². The molecule has 3 rings (SSSR count). The Morgan fingerprint density at radius 3 is 2.59 bits per heavy atom. The van der Waals surface area contributed by atoms with Crippen molar-refractivity contribution in [2.24, 2.45) is 0 Å². The highest BCUT2D eigenvalue weighted by atomic mass is 15.1. The molecule has 1 aromatic carbocycles. The summed E-state index contributed by atoms with van der Waals surface area (Å²) in [7, 11) is 0. The maximum atomic E-state index is 4.33. The van der Waals surface area contributed by atoms with E-state index in [-0.39, 0.29) is 0 Å². The average Bonchev–Trinajstić information content (AvgIpc) is 2.40. The molecule has 1 N–H and O–H groups in total. The van der Waals surface area contributed by atoms with Crippen LogP contribution in [0.2, 0.25) is 0 Å². The van der Waals surface area contributed by atoms with Gasteiger partial charge >= 0.3 is 0 Å². The number of hydrogen-bond donors (Lipinski definition) is 1. The van der Waals surface area contributed by atoms with Gasteiger partial charge in [-0.3, -0.25) is 0 Å². The van der Waals surface area contributed by atoms with E-state index >= 15 is 0 Å². The Morgan fingerprint density at radius 1 is 0.882 bits per heavy atom. The van der Waals surface area contributed by atoms with E-state index in [1.807, 2.05) is 30.5 Å². The summed E-state index contributed by atoms with van der Waals surface area (Å²) in [6.45, 7) is 0. The molecular weight excluding hydrogens is 212 g/mol. The number of pyridine rings is 1. The molecule has 4 heteroatoms. The average molecular weight is 222 g/mol. The summed E-state index contributed by atoms with van der Waals surface area (Å²) in [5.74, 6) is 1.52. The zero-order valence-corrected chi connectivity index (χ0v) is 9.04. The Kier molecular flexibility index (Phi) is 2.38. The number of aromatic nitrogens is 3. The van der Waals surface area contributed by atoms with Crippen LogP contribution in [-0.2, 0) is 0 Å². The molecule has 0 saturated heterocycles. The van der Waals surface area contributed by atoms with E-state index < -0.39 is 0 Å². The van der Waals surface area contributed by atoms with E-state index in [1.165, 1.54) is 6.33 Å². The number of rotatable bonds is 2. The summed E-state index contributed by atoms with van der Waals surface area (Å²) in [5, 5.41) is 5.41. The first-order valence-electron chi connectivity index (χ1n) is 5.30. The van der Waals surface area contributed by atoms with Gasteiger partial charge in [-0.2, -0.15) is 0 Å². The summed E-state index contributed by atoms with van der Waals surface area (Å²) >= 11 is 0. The molecule has 0 bridgehead atoms. The first-order valence-corrected chi connectivity index (χ1v) is 5.30. The van der Waals surface area contributed by atoms with Crippen LogP contribution in [0.4, 0.5) is 11.6 Å². The number of nitrogens with one attached hydrogen (secondary N) is 1. The van der Waals surface area contributed by atoms with Gasteiger partial charge in [-0.15, -0.1) is 0 Å². The Balaban J connectivity index is 1.96. The fourth-order valence-corrected chi connectivity index (χ4v) is 1.65. The lowest BCUT2D eigenvalue weighted by Gasteiger charge is -2.04. The smallest absolute Gasteiger partial charge is 0.134 e. The van der Waals surface area contributed by atoms with E-state index in [4.69, 9.17) is 0 Å². The Hall–Kier alpha value is -2.49. The van der Waals surface area contributed by atoms with Gasteiger partial charge in [-0.25, -0.2) is 15.0 Å². The van der Waals surface area contributed by atoms with E-state index in [1.54, 1.807) is 12.3 Å². The van der Waals surface area contributed by atoms with E-state index in [9.17, 15) is 0 Å². The maximum Gasteiger partial charge on any atom is 0.134 e. The number of benzene rings is 1. The van der Waals surface area contributed by atoms with Crippen LogP contribution in [0.3, 0.4) is 0 Å². The third-order valence-corrected chi connectivity index (χ3v) is 2.47. The largest absolute Gasteiger partial charge is 0.325 e. The van der Waals surface area contributed by atoms with Gasteiger partial charge in [-0.1, -0.05) is 24.3 Å². The van der Waals surface area contributed by atoms with Crippen LogP contribution >= 0.6 is 0 Å². The van der Waals surface area contributed by atoms with E-state index in [2.05, 4.69) is 26.3 Å². The van der Waals surface area contributed by atoms with Gasteiger partial charge in [0.1, 0.15) is 18.0 Å². The first kappa shape index (κ1) is 9.72. The molecule has 82 valence electrons. The van der Waals surface area contributed by atoms with Crippen molar-refractivity contribution < 1.29 is 0 Å². The number of fused-ring (bicyclic) bond motifs is 1. The molecule has 0 radical (unpaired) electrons. The molecule has 0 spiro atoms. The lowest BCUT2D eigenvalue weighted by atomic mass is 10.2. The summed E-state index contributed by atoms with van der Waals surface area (Å²) < 4.78 is 0. The van der Waals surface area contributed by atoms with Gasteiger partial charge in [0.2, 0.25) is 0 Å². The highest BCUT2D eigenvalue weighted by Gasteiger charge is 1.98. The van der Waals surface area contributed by atoms with Gasteiger partial charge in [0.05, 0.1) is 0 Å². The zero-order chi connectivity index (χ0) is 11.5. The van der Waals surface area contributed by atoms with Crippen molar-refractivity contribution in [3.05, 3.63) is 55.1 Å². The Bertz CT molecular complexity index is 637. The molecule has 2 aromatic heterocycles. The molecule has 0 aliphatic heterocycles. The van der Waals surface area contributed by atoms with Crippen molar-refractivity contribution in [1.29, 1.82) is 0 Å². The second-order valence-electron chi connectivity index (χ2n) is 3.64. The van der Waals surface area contributed by atoms with Gasteiger partial charge in [0, 0.05) is 17.8 Å². The Morgan fingerprint density at radius 2 is 1.76 bits per heavy atom. The highest BCUT2D eigenvalue weighted by molar-refractivity contribution is 5.84. The summed E-state index contributed by atoms with van der Waals surface area (Å²) in [6.07, 6.45) is 5.04. The molecule has 3 aromatic rings. The van der Waals surface area contributed by atoms with Crippen molar-refractivity contribution in [2.75, 3.05) is 5.32 Å². The third-order valence-electron chi connectivity index (χ3n) is 2.47. The predicted octanol–water partition coefficient (Wildman–Crippen LogP) is 2.77. The molecule has 4 nitrogen and oxygen atoms in total. The zero-order valence-electron chi connectivity index (χ0n) is 9.04. The second kappa shape index (κ2) is 4.17. The van der Waals surface area contributed by atoms with Crippen LogP contribution in [-0.4, -0.2) is 15.0 Å². The monoisotopic (exact) mass is 222 g/mol. The molecule has 17 heavy (non-hydrogen) atoms. The number of anilines is 2. The molecule has 2 heterocycles. The molecule has 0 fully saturated rings. The maximum absolute atomic E-state index is 4.33. The molecule has 0 aliphatic rings. The predicted molar refractivity (Wildman–Crippen MR) is 67.1 cm³/mol. The normalized spacial score (nSPS) is 10.4. The second-order valence-corrected chi connectivity index (χ2v) is 3.64. The lowest BCUT2D eigenvalue weighted by molar-refractivity contribution is 1.16. The van der Waals surface area contributed by atoms with Gasteiger partial charge in [0.15, 0.2) is 0 Å². The fraction of sp³-hybridized carbons (Fsp3) is 0. The Labute approximate surface area is 98.4 Å².